The van der Waals surface area contributed by atoms with Crippen LogP contribution in [0.15, 0.2) is 54.6 Å². The van der Waals surface area contributed by atoms with Crippen LogP contribution >= 0.6 is 11.6 Å². The molecule has 2 aromatic rings. The number of benzene rings is 2. The van der Waals surface area contributed by atoms with Crippen molar-refractivity contribution < 1.29 is 9.59 Å². The number of amides is 2. The number of hydrogen-bond donors (Lipinski definition) is 1. The minimum atomic E-state index is -0.542. The van der Waals surface area contributed by atoms with Crippen LogP contribution < -0.4 is 5.32 Å². The standard InChI is InChI=1S/C22H27ClN2O2/c1-4-20(22(27)24-16(2)3)25(15-18-12-8-9-13-19(18)23)21(26)14-17-10-6-5-7-11-17/h5-13,16,20H,4,14-15H2,1-3H3,(H,24,27)/t20-/m1/s1. The Bertz CT molecular complexity index is 762. The van der Waals surface area contributed by atoms with Gasteiger partial charge in [-0.25, -0.2) is 0 Å². The number of hydrogen-bond acceptors (Lipinski definition) is 2. The molecule has 144 valence electrons. The second kappa shape index (κ2) is 10.1. The van der Waals surface area contributed by atoms with Crippen molar-refractivity contribution >= 4 is 23.4 Å². The largest absolute Gasteiger partial charge is 0.352 e. The van der Waals surface area contributed by atoms with E-state index in [-0.39, 0.29) is 24.3 Å². The van der Waals surface area contributed by atoms with Gasteiger partial charge in [0.05, 0.1) is 6.42 Å². The van der Waals surface area contributed by atoms with Crippen LogP contribution in [0.1, 0.15) is 38.3 Å². The number of carbonyl (C=O) groups is 2. The molecule has 0 heterocycles. The minimum Gasteiger partial charge on any atom is -0.352 e. The normalized spacial score (nSPS) is 11.9. The summed E-state index contributed by atoms with van der Waals surface area (Å²) in [5, 5.41) is 3.52. The Hall–Kier alpha value is -2.33. The van der Waals surface area contributed by atoms with E-state index in [1.54, 1.807) is 11.0 Å². The van der Waals surface area contributed by atoms with Crippen molar-refractivity contribution in [2.24, 2.45) is 0 Å². The smallest absolute Gasteiger partial charge is 0.243 e. The molecule has 1 N–H and O–H groups in total. The molecule has 1 atom stereocenters. The summed E-state index contributed by atoms with van der Waals surface area (Å²) in [7, 11) is 0. The third kappa shape index (κ3) is 6.10. The molecule has 0 aromatic heterocycles. The fourth-order valence-corrected chi connectivity index (χ4v) is 3.18. The lowest BCUT2D eigenvalue weighted by Gasteiger charge is -2.31. The second-order valence-corrected chi connectivity index (χ2v) is 7.27. The molecule has 0 aliphatic heterocycles. The first-order valence-electron chi connectivity index (χ1n) is 9.29. The SMILES string of the molecule is CC[C@H](C(=O)NC(C)C)N(Cc1ccccc1Cl)C(=O)Cc1ccccc1. The molecular formula is C22H27ClN2O2. The van der Waals surface area contributed by atoms with Gasteiger partial charge in [-0.05, 0) is 37.5 Å². The molecule has 5 heteroatoms. The van der Waals surface area contributed by atoms with Gasteiger partial charge in [0.25, 0.3) is 0 Å². The Morgan fingerprint density at radius 2 is 1.67 bits per heavy atom. The lowest BCUT2D eigenvalue weighted by molar-refractivity contribution is -0.141. The average Bonchev–Trinajstić information content (AvgIpc) is 2.63. The zero-order chi connectivity index (χ0) is 19.8. The summed E-state index contributed by atoms with van der Waals surface area (Å²) < 4.78 is 0. The van der Waals surface area contributed by atoms with E-state index in [9.17, 15) is 9.59 Å². The average molecular weight is 387 g/mol. The van der Waals surface area contributed by atoms with E-state index in [0.29, 0.717) is 18.0 Å². The Labute approximate surface area is 166 Å². The maximum atomic E-state index is 13.1. The Balaban J connectivity index is 2.30. The highest BCUT2D eigenvalue weighted by atomic mass is 35.5. The molecule has 0 unspecified atom stereocenters. The summed E-state index contributed by atoms with van der Waals surface area (Å²) in [5.74, 6) is -0.229. The number of nitrogens with one attached hydrogen (secondary N) is 1. The first-order valence-corrected chi connectivity index (χ1v) is 9.67. The lowest BCUT2D eigenvalue weighted by Crippen LogP contribution is -2.50. The molecule has 2 aromatic carbocycles. The van der Waals surface area contributed by atoms with E-state index in [0.717, 1.165) is 11.1 Å². The topological polar surface area (TPSA) is 49.4 Å². The van der Waals surface area contributed by atoms with Crippen molar-refractivity contribution in [1.29, 1.82) is 0 Å². The van der Waals surface area contributed by atoms with E-state index in [2.05, 4.69) is 5.32 Å². The molecule has 0 saturated carbocycles. The van der Waals surface area contributed by atoms with Crippen molar-refractivity contribution in [2.45, 2.75) is 52.2 Å². The predicted octanol–water partition coefficient (Wildman–Crippen LogP) is 4.21. The lowest BCUT2D eigenvalue weighted by atomic mass is 10.1. The molecule has 0 aliphatic rings. The maximum absolute atomic E-state index is 13.1. The minimum absolute atomic E-state index is 0.0120. The van der Waals surface area contributed by atoms with Crippen molar-refractivity contribution in [3.63, 3.8) is 0 Å². The van der Waals surface area contributed by atoms with Crippen LogP contribution in [0.25, 0.3) is 0 Å². The molecule has 0 fully saturated rings. The van der Waals surface area contributed by atoms with Gasteiger partial charge in [-0.3, -0.25) is 9.59 Å². The highest BCUT2D eigenvalue weighted by molar-refractivity contribution is 6.31. The molecule has 0 saturated heterocycles. The molecule has 0 radical (unpaired) electrons. The fourth-order valence-electron chi connectivity index (χ4n) is 2.98. The third-order valence-corrected chi connectivity index (χ3v) is 4.68. The monoisotopic (exact) mass is 386 g/mol. The van der Waals surface area contributed by atoms with E-state index in [1.807, 2.05) is 69.3 Å². The van der Waals surface area contributed by atoms with Crippen molar-refractivity contribution in [3.05, 3.63) is 70.7 Å². The van der Waals surface area contributed by atoms with Gasteiger partial charge >= 0.3 is 0 Å². The van der Waals surface area contributed by atoms with Gasteiger partial charge in [-0.15, -0.1) is 0 Å². The maximum Gasteiger partial charge on any atom is 0.243 e. The summed E-state index contributed by atoms with van der Waals surface area (Å²) in [5.41, 5.74) is 1.75. The highest BCUT2D eigenvalue weighted by Crippen LogP contribution is 2.20. The first kappa shape index (κ1) is 21.0. The highest BCUT2D eigenvalue weighted by Gasteiger charge is 2.29. The second-order valence-electron chi connectivity index (χ2n) is 6.86. The van der Waals surface area contributed by atoms with Gasteiger partial charge in [-0.2, -0.15) is 0 Å². The Morgan fingerprint density at radius 3 is 2.26 bits per heavy atom. The van der Waals surface area contributed by atoms with E-state index >= 15 is 0 Å². The van der Waals surface area contributed by atoms with Crippen LogP contribution in [0.3, 0.4) is 0 Å². The zero-order valence-corrected chi connectivity index (χ0v) is 16.9. The van der Waals surface area contributed by atoms with Crippen molar-refractivity contribution in [1.82, 2.24) is 10.2 Å². The number of rotatable bonds is 8. The molecular weight excluding hydrogens is 360 g/mol. The van der Waals surface area contributed by atoms with Crippen LogP contribution in [0.2, 0.25) is 5.02 Å². The summed E-state index contributed by atoms with van der Waals surface area (Å²) in [6, 6.07) is 16.5. The summed E-state index contributed by atoms with van der Waals surface area (Å²) in [6.07, 6.45) is 0.778. The summed E-state index contributed by atoms with van der Waals surface area (Å²) >= 11 is 6.31. The van der Waals surface area contributed by atoms with E-state index in [4.69, 9.17) is 11.6 Å². The molecule has 4 nitrogen and oxygen atoms in total. The van der Waals surface area contributed by atoms with Crippen molar-refractivity contribution in [2.75, 3.05) is 0 Å². The number of nitrogens with zero attached hydrogens (tertiary/aromatic N) is 1. The summed E-state index contributed by atoms with van der Waals surface area (Å²) in [6.45, 7) is 6.04. The Kier molecular flexibility index (Phi) is 7.86. The van der Waals surface area contributed by atoms with Gasteiger partial charge in [0.15, 0.2) is 0 Å². The third-order valence-electron chi connectivity index (χ3n) is 4.31. The zero-order valence-electron chi connectivity index (χ0n) is 16.1. The molecule has 0 spiro atoms. The predicted molar refractivity (Wildman–Crippen MR) is 110 cm³/mol. The fraction of sp³-hybridized carbons (Fsp3) is 0.364. The molecule has 0 aliphatic carbocycles. The Morgan fingerprint density at radius 1 is 1.04 bits per heavy atom. The van der Waals surface area contributed by atoms with Crippen LogP contribution in [0.4, 0.5) is 0 Å². The molecule has 0 bridgehead atoms. The number of carbonyl (C=O) groups excluding carboxylic acids is 2. The van der Waals surface area contributed by atoms with Crippen LogP contribution in [-0.4, -0.2) is 28.8 Å². The van der Waals surface area contributed by atoms with Crippen LogP contribution in [-0.2, 0) is 22.6 Å². The van der Waals surface area contributed by atoms with Gasteiger partial charge in [0.1, 0.15) is 6.04 Å². The van der Waals surface area contributed by atoms with Gasteiger partial charge < -0.3 is 10.2 Å². The van der Waals surface area contributed by atoms with Crippen LogP contribution in [0.5, 0.6) is 0 Å². The van der Waals surface area contributed by atoms with Gasteiger partial charge in [0, 0.05) is 17.6 Å². The van der Waals surface area contributed by atoms with Crippen LogP contribution in [0, 0.1) is 0 Å². The quantitative estimate of drug-likeness (QED) is 0.738. The van der Waals surface area contributed by atoms with Crippen molar-refractivity contribution in [3.8, 4) is 0 Å². The van der Waals surface area contributed by atoms with E-state index in [1.165, 1.54) is 0 Å². The van der Waals surface area contributed by atoms with Gasteiger partial charge in [-0.1, -0.05) is 67.1 Å². The molecule has 2 rings (SSSR count). The molecule has 2 amide bonds. The first-order chi connectivity index (χ1) is 12.9. The number of halogens is 1. The van der Waals surface area contributed by atoms with E-state index < -0.39 is 6.04 Å². The summed E-state index contributed by atoms with van der Waals surface area (Å²) in [4.78, 5) is 27.5. The molecule has 27 heavy (non-hydrogen) atoms. The van der Waals surface area contributed by atoms with Gasteiger partial charge in [0.2, 0.25) is 11.8 Å².